The van der Waals surface area contributed by atoms with Crippen LogP contribution in [0.1, 0.15) is 11.1 Å². The Morgan fingerprint density at radius 2 is 1.96 bits per heavy atom. The number of rotatable bonds is 3. The molecule has 0 aliphatic carbocycles. The van der Waals surface area contributed by atoms with Gasteiger partial charge in [0.1, 0.15) is 13.2 Å². The van der Waals surface area contributed by atoms with Crippen molar-refractivity contribution in [1.29, 1.82) is 5.26 Å². The number of amides is 1. The summed E-state index contributed by atoms with van der Waals surface area (Å²) in [5.41, 5.74) is 1.93. The number of nitriles is 1. The summed E-state index contributed by atoms with van der Waals surface area (Å²) in [4.78, 5) is 11.9. The monoisotopic (exact) mass is 306 g/mol. The maximum atomic E-state index is 11.9. The molecule has 0 fully saturated rings. The molecule has 1 aliphatic heterocycles. The van der Waals surface area contributed by atoms with Crippen molar-refractivity contribution in [3.05, 3.63) is 59.7 Å². The highest BCUT2D eigenvalue weighted by atomic mass is 16.6. The van der Waals surface area contributed by atoms with E-state index in [9.17, 15) is 4.79 Å². The van der Waals surface area contributed by atoms with Crippen molar-refractivity contribution in [3.63, 3.8) is 0 Å². The molecule has 0 unspecified atom stereocenters. The summed E-state index contributed by atoms with van der Waals surface area (Å²) in [5.74, 6) is 1.13. The van der Waals surface area contributed by atoms with E-state index in [1.807, 2.05) is 24.3 Å². The molecule has 23 heavy (non-hydrogen) atoms. The van der Waals surface area contributed by atoms with E-state index >= 15 is 0 Å². The SMILES string of the molecule is N#Cc1cccc(NC(=O)/C=C/c2ccc3c(c2)OCCO3)c1. The van der Waals surface area contributed by atoms with Crippen LogP contribution in [-0.2, 0) is 4.79 Å². The first-order chi connectivity index (χ1) is 11.2. The Bertz CT molecular complexity index is 806. The zero-order chi connectivity index (χ0) is 16.1. The zero-order valence-corrected chi connectivity index (χ0v) is 12.3. The van der Waals surface area contributed by atoms with E-state index in [2.05, 4.69) is 5.32 Å². The van der Waals surface area contributed by atoms with Crippen LogP contribution in [0.3, 0.4) is 0 Å². The maximum Gasteiger partial charge on any atom is 0.248 e. The molecule has 2 aromatic rings. The third-order valence-electron chi connectivity index (χ3n) is 3.25. The maximum absolute atomic E-state index is 11.9. The standard InChI is InChI=1S/C18H14N2O3/c19-12-14-2-1-3-15(10-14)20-18(21)7-5-13-4-6-16-17(11-13)23-9-8-22-16/h1-7,10-11H,8-9H2,(H,20,21)/b7-5+. The molecule has 0 saturated carbocycles. The van der Waals surface area contributed by atoms with Crippen LogP contribution in [0.15, 0.2) is 48.5 Å². The van der Waals surface area contributed by atoms with Crippen molar-refractivity contribution >= 4 is 17.7 Å². The van der Waals surface area contributed by atoms with Crippen molar-refractivity contribution in [2.24, 2.45) is 0 Å². The van der Waals surface area contributed by atoms with Gasteiger partial charge in [0.05, 0.1) is 11.6 Å². The number of fused-ring (bicyclic) bond motifs is 1. The van der Waals surface area contributed by atoms with Crippen LogP contribution in [-0.4, -0.2) is 19.1 Å². The second-order valence-corrected chi connectivity index (χ2v) is 4.92. The van der Waals surface area contributed by atoms with E-state index in [0.717, 1.165) is 5.56 Å². The first kappa shape index (κ1) is 14.7. The van der Waals surface area contributed by atoms with E-state index in [1.165, 1.54) is 6.08 Å². The quantitative estimate of drug-likeness (QED) is 0.885. The van der Waals surface area contributed by atoms with Crippen LogP contribution in [0, 0.1) is 11.3 Å². The summed E-state index contributed by atoms with van der Waals surface area (Å²) >= 11 is 0. The number of anilines is 1. The molecule has 2 aromatic carbocycles. The molecule has 3 rings (SSSR count). The molecule has 1 aliphatic rings. The second-order valence-electron chi connectivity index (χ2n) is 4.92. The Morgan fingerprint density at radius 3 is 2.78 bits per heavy atom. The summed E-state index contributed by atoms with van der Waals surface area (Å²) in [6.45, 7) is 1.07. The molecule has 1 amide bonds. The van der Waals surface area contributed by atoms with Crippen molar-refractivity contribution in [1.82, 2.24) is 0 Å². The summed E-state index contributed by atoms with van der Waals surface area (Å²) in [6, 6.07) is 14.3. The molecule has 5 heteroatoms. The van der Waals surface area contributed by atoms with Gasteiger partial charge in [-0.25, -0.2) is 0 Å². The average molecular weight is 306 g/mol. The Labute approximate surface area is 133 Å². The van der Waals surface area contributed by atoms with Gasteiger partial charge in [-0.05, 0) is 42.0 Å². The van der Waals surface area contributed by atoms with E-state index < -0.39 is 0 Å². The minimum atomic E-state index is -0.269. The van der Waals surface area contributed by atoms with Gasteiger partial charge in [0, 0.05) is 11.8 Å². The molecule has 1 N–H and O–H groups in total. The first-order valence-electron chi connectivity index (χ1n) is 7.13. The van der Waals surface area contributed by atoms with Crippen molar-refractivity contribution in [2.75, 3.05) is 18.5 Å². The third-order valence-corrected chi connectivity index (χ3v) is 3.25. The van der Waals surface area contributed by atoms with Gasteiger partial charge in [-0.2, -0.15) is 5.26 Å². The average Bonchev–Trinajstić information content (AvgIpc) is 2.60. The predicted octanol–water partition coefficient (Wildman–Crippen LogP) is 2.98. The predicted molar refractivity (Wildman–Crippen MR) is 86.3 cm³/mol. The number of nitrogens with zero attached hydrogens (tertiary/aromatic N) is 1. The van der Waals surface area contributed by atoms with Gasteiger partial charge < -0.3 is 14.8 Å². The summed E-state index contributed by atoms with van der Waals surface area (Å²) in [6.07, 6.45) is 3.13. The summed E-state index contributed by atoms with van der Waals surface area (Å²) < 4.78 is 11.0. The van der Waals surface area contributed by atoms with Gasteiger partial charge in [0.15, 0.2) is 11.5 Å². The Hall–Kier alpha value is -3.26. The lowest BCUT2D eigenvalue weighted by molar-refractivity contribution is -0.111. The van der Waals surface area contributed by atoms with Crippen LogP contribution in [0.2, 0.25) is 0 Å². The van der Waals surface area contributed by atoms with E-state index in [4.69, 9.17) is 14.7 Å². The number of carbonyl (C=O) groups excluding carboxylic acids is 1. The van der Waals surface area contributed by atoms with Gasteiger partial charge in [-0.15, -0.1) is 0 Å². The number of ether oxygens (including phenoxy) is 2. The fourth-order valence-corrected chi connectivity index (χ4v) is 2.19. The largest absolute Gasteiger partial charge is 0.486 e. The van der Waals surface area contributed by atoms with Crippen molar-refractivity contribution in [3.8, 4) is 17.6 Å². The number of benzene rings is 2. The van der Waals surface area contributed by atoms with Gasteiger partial charge in [-0.3, -0.25) is 4.79 Å². The molecular formula is C18H14N2O3. The highest BCUT2D eigenvalue weighted by molar-refractivity contribution is 6.02. The molecule has 0 atom stereocenters. The number of nitrogens with one attached hydrogen (secondary N) is 1. The van der Waals surface area contributed by atoms with Gasteiger partial charge in [0.25, 0.3) is 0 Å². The highest BCUT2D eigenvalue weighted by Crippen LogP contribution is 2.31. The first-order valence-corrected chi connectivity index (χ1v) is 7.13. The smallest absolute Gasteiger partial charge is 0.248 e. The van der Waals surface area contributed by atoms with Gasteiger partial charge in [-0.1, -0.05) is 12.1 Å². The van der Waals surface area contributed by atoms with Gasteiger partial charge >= 0.3 is 0 Å². The van der Waals surface area contributed by atoms with Gasteiger partial charge in [0.2, 0.25) is 5.91 Å². The second kappa shape index (κ2) is 6.67. The van der Waals surface area contributed by atoms with Crippen molar-refractivity contribution < 1.29 is 14.3 Å². The van der Waals surface area contributed by atoms with Crippen LogP contribution in [0.25, 0.3) is 6.08 Å². The fourth-order valence-electron chi connectivity index (χ4n) is 2.19. The topological polar surface area (TPSA) is 71.4 Å². The summed E-state index contributed by atoms with van der Waals surface area (Å²) in [7, 11) is 0. The lowest BCUT2D eigenvalue weighted by Crippen LogP contribution is -2.15. The minimum absolute atomic E-state index is 0.269. The van der Waals surface area contributed by atoms with Crippen molar-refractivity contribution in [2.45, 2.75) is 0 Å². The van der Waals surface area contributed by atoms with Crippen LogP contribution in [0.4, 0.5) is 5.69 Å². The third kappa shape index (κ3) is 3.69. The molecule has 0 aromatic heterocycles. The molecule has 114 valence electrons. The van der Waals surface area contributed by atoms with Crippen LogP contribution < -0.4 is 14.8 Å². The Balaban J connectivity index is 1.67. The van der Waals surface area contributed by atoms with E-state index in [-0.39, 0.29) is 5.91 Å². The molecular weight excluding hydrogens is 292 g/mol. The highest BCUT2D eigenvalue weighted by Gasteiger charge is 2.10. The number of carbonyl (C=O) groups is 1. The minimum Gasteiger partial charge on any atom is -0.486 e. The fraction of sp³-hybridized carbons (Fsp3) is 0.111. The Morgan fingerprint density at radius 1 is 1.13 bits per heavy atom. The number of hydrogen-bond donors (Lipinski definition) is 1. The zero-order valence-electron chi connectivity index (χ0n) is 12.3. The van der Waals surface area contributed by atoms with Crippen LogP contribution in [0.5, 0.6) is 11.5 Å². The lowest BCUT2D eigenvalue weighted by Gasteiger charge is -2.18. The van der Waals surface area contributed by atoms with E-state index in [1.54, 1.807) is 30.3 Å². The molecule has 5 nitrogen and oxygen atoms in total. The number of hydrogen-bond acceptors (Lipinski definition) is 4. The molecule has 0 spiro atoms. The molecule has 1 heterocycles. The molecule has 0 radical (unpaired) electrons. The van der Waals surface area contributed by atoms with E-state index in [0.29, 0.717) is 36.0 Å². The van der Waals surface area contributed by atoms with Crippen LogP contribution >= 0.6 is 0 Å². The molecule has 0 bridgehead atoms. The lowest BCUT2D eigenvalue weighted by atomic mass is 10.1. The molecule has 0 saturated heterocycles. The Kier molecular flexibility index (Phi) is 4.25. The normalized spacial score (nSPS) is 12.7. The summed E-state index contributed by atoms with van der Waals surface area (Å²) in [5, 5.41) is 11.6.